The number of nitrogens with zero attached hydrogens (tertiary/aromatic N) is 2. The third-order valence-corrected chi connectivity index (χ3v) is 13.1. The summed E-state index contributed by atoms with van der Waals surface area (Å²) in [5.41, 5.74) is 3.62. The van der Waals surface area contributed by atoms with Crippen molar-refractivity contribution in [2.24, 2.45) is 5.41 Å². The van der Waals surface area contributed by atoms with Gasteiger partial charge in [0.15, 0.2) is 11.6 Å². The minimum atomic E-state index is -2.70. The van der Waals surface area contributed by atoms with E-state index in [1.54, 1.807) is 0 Å². The van der Waals surface area contributed by atoms with Gasteiger partial charge >= 0.3 is 5.69 Å². The molecule has 0 saturated carbocycles. The summed E-state index contributed by atoms with van der Waals surface area (Å²) in [4.78, 5) is 16.0. The molecular weight excluding hydrogens is 437 g/mol. The lowest BCUT2D eigenvalue weighted by molar-refractivity contribution is 0.0527. The third-order valence-electron chi connectivity index (χ3n) is 6.61. The molecule has 0 unspecified atom stereocenters. The van der Waals surface area contributed by atoms with Crippen LogP contribution in [0, 0.1) is 11.2 Å². The molecule has 0 amide bonds. The van der Waals surface area contributed by atoms with Crippen LogP contribution in [0.2, 0.25) is 11.1 Å². The standard InChI is InChI=1S/C25H32FN3O3Si/c1-24(2,3)33(19-10-6-4-7-11-19,20-12-8-5-9-13-20)18-25(16-30,17-31)15-29-14-21(26)22(27)28-23(29)32/h4-14,30-31H,15-18H2,1-3H3,(H2,27,28,32). The molecule has 176 valence electrons. The summed E-state index contributed by atoms with van der Waals surface area (Å²) in [6.07, 6.45) is 0.996. The van der Waals surface area contributed by atoms with Crippen molar-refractivity contribution in [2.75, 3.05) is 18.9 Å². The highest BCUT2D eigenvalue weighted by atomic mass is 28.3. The molecule has 0 radical (unpaired) electrons. The number of halogens is 1. The number of aliphatic hydroxyl groups is 2. The van der Waals surface area contributed by atoms with Crippen LogP contribution in [0.5, 0.6) is 0 Å². The fourth-order valence-corrected chi connectivity index (χ4v) is 10.8. The Bertz CT molecular complexity index is 1090. The van der Waals surface area contributed by atoms with Crippen LogP contribution in [-0.4, -0.2) is 41.1 Å². The Labute approximate surface area is 194 Å². The number of nitrogen functional groups attached to an aromatic ring is 1. The zero-order chi connectivity index (χ0) is 24.3. The summed E-state index contributed by atoms with van der Waals surface area (Å²) in [5, 5.41) is 23.3. The third kappa shape index (κ3) is 4.78. The minimum Gasteiger partial charge on any atom is -0.396 e. The van der Waals surface area contributed by atoms with Gasteiger partial charge in [-0.25, -0.2) is 9.18 Å². The van der Waals surface area contributed by atoms with Crippen molar-refractivity contribution in [1.29, 1.82) is 0 Å². The summed E-state index contributed by atoms with van der Waals surface area (Å²) < 4.78 is 15.2. The molecule has 6 nitrogen and oxygen atoms in total. The summed E-state index contributed by atoms with van der Waals surface area (Å²) in [6.45, 7) is 5.67. The fraction of sp³-hybridized carbons (Fsp3) is 0.360. The van der Waals surface area contributed by atoms with Crippen molar-refractivity contribution in [1.82, 2.24) is 9.55 Å². The molecule has 2 aromatic carbocycles. The van der Waals surface area contributed by atoms with E-state index in [9.17, 15) is 19.4 Å². The van der Waals surface area contributed by atoms with Gasteiger partial charge in [-0.05, 0) is 11.1 Å². The predicted octanol–water partition coefficient (Wildman–Crippen LogP) is 2.00. The first kappa shape index (κ1) is 24.8. The summed E-state index contributed by atoms with van der Waals surface area (Å²) >= 11 is 0. The maximum atomic E-state index is 14.1. The second kappa shape index (κ2) is 9.58. The molecule has 0 fully saturated rings. The maximum absolute atomic E-state index is 14.1. The van der Waals surface area contributed by atoms with Gasteiger partial charge in [0, 0.05) is 18.2 Å². The average molecular weight is 470 g/mol. The Morgan fingerprint density at radius 3 is 1.88 bits per heavy atom. The van der Waals surface area contributed by atoms with Gasteiger partial charge in [0.2, 0.25) is 0 Å². The number of aliphatic hydroxyl groups excluding tert-OH is 2. The first-order valence-electron chi connectivity index (χ1n) is 10.9. The molecule has 0 spiro atoms. The zero-order valence-electron chi connectivity index (χ0n) is 19.3. The number of benzene rings is 2. The molecule has 3 aromatic rings. The number of hydrogen-bond donors (Lipinski definition) is 3. The van der Waals surface area contributed by atoms with Crippen molar-refractivity contribution >= 4 is 24.3 Å². The molecule has 0 bridgehead atoms. The van der Waals surface area contributed by atoms with E-state index in [1.165, 1.54) is 0 Å². The molecule has 3 rings (SSSR count). The van der Waals surface area contributed by atoms with Crippen LogP contribution in [0.15, 0.2) is 71.7 Å². The van der Waals surface area contributed by atoms with Crippen LogP contribution in [0.4, 0.5) is 10.2 Å². The summed E-state index contributed by atoms with van der Waals surface area (Å²) in [5.74, 6) is -1.29. The minimum absolute atomic E-state index is 0.0898. The van der Waals surface area contributed by atoms with Gasteiger partial charge in [0.05, 0.1) is 13.2 Å². The lowest BCUT2D eigenvalue weighted by Crippen LogP contribution is -2.67. The van der Waals surface area contributed by atoms with Gasteiger partial charge < -0.3 is 15.9 Å². The van der Waals surface area contributed by atoms with E-state index in [2.05, 4.69) is 50.0 Å². The lowest BCUT2D eigenvalue weighted by atomic mass is 9.92. The van der Waals surface area contributed by atoms with Crippen LogP contribution >= 0.6 is 0 Å². The van der Waals surface area contributed by atoms with E-state index < -0.39 is 30.8 Å². The number of nitrogens with two attached hydrogens (primary N) is 1. The topological polar surface area (TPSA) is 101 Å². The van der Waals surface area contributed by atoms with E-state index >= 15 is 0 Å². The summed E-state index contributed by atoms with van der Waals surface area (Å²) in [6, 6.07) is 20.7. The lowest BCUT2D eigenvalue weighted by Gasteiger charge is -2.49. The van der Waals surface area contributed by atoms with Gasteiger partial charge in [0.25, 0.3) is 0 Å². The smallest absolute Gasteiger partial charge is 0.349 e. The molecule has 0 aliphatic rings. The maximum Gasteiger partial charge on any atom is 0.349 e. The molecule has 0 atom stereocenters. The van der Waals surface area contributed by atoms with Crippen LogP contribution in [0.3, 0.4) is 0 Å². The molecule has 0 saturated heterocycles. The zero-order valence-corrected chi connectivity index (χ0v) is 20.3. The van der Waals surface area contributed by atoms with Gasteiger partial charge in [-0.15, -0.1) is 0 Å². The Morgan fingerprint density at radius 2 is 1.45 bits per heavy atom. The normalized spacial score (nSPS) is 12.7. The number of anilines is 1. The molecule has 0 aliphatic carbocycles. The molecule has 1 aromatic heterocycles. The van der Waals surface area contributed by atoms with Crippen LogP contribution < -0.4 is 21.8 Å². The Balaban J connectivity index is 2.23. The SMILES string of the molecule is CC(C)(C)[Si](CC(CO)(CO)Cn1cc(F)c(N)nc1=O)(c1ccccc1)c1ccccc1. The van der Waals surface area contributed by atoms with E-state index in [1.807, 2.05) is 36.4 Å². The second-order valence-electron chi connectivity index (χ2n) is 9.76. The van der Waals surface area contributed by atoms with Gasteiger partial charge in [-0.3, -0.25) is 4.57 Å². The monoisotopic (exact) mass is 469 g/mol. The Kier molecular flexibility index (Phi) is 7.21. The van der Waals surface area contributed by atoms with Crippen molar-refractivity contribution in [3.8, 4) is 0 Å². The molecule has 4 N–H and O–H groups in total. The van der Waals surface area contributed by atoms with E-state index in [0.29, 0.717) is 6.04 Å². The average Bonchev–Trinajstić information content (AvgIpc) is 2.80. The van der Waals surface area contributed by atoms with Gasteiger partial charge in [-0.2, -0.15) is 4.98 Å². The van der Waals surface area contributed by atoms with Crippen molar-refractivity contribution in [2.45, 2.75) is 38.4 Å². The predicted molar refractivity (Wildman–Crippen MR) is 132 cm³/mol. The van der Waals surface area contributed by atoms with Gasteiger partial charge in [-0.1, -0.05) is 91.8 Å². The first-order valence-corrected chi connectivity index (χ1v) is 13.1. The van der Waals surface area contributed by atoms with Crippen molar-refractivity contribution in [3.63, 3.8) is 0 Å². The van der Waals surface area contributed by atoms with E-state index in [-0.39, 0.29) is 24.8 Å². The summed E-state index contributed by atoms with van der Waals surface area (Å²) in [7, 11) is -2.70. The van der Waals surface area contributed by atoms with E-state index in [0.717, 1.165) is 21.1 Å². The van der Waals surface area contributed by atoms with E-state index in [4.69, 9.17) is 5.73 Å². The second-order valence-corrected chi connectivity index (χ2v) is 14.6. The van der Waals surface area contributed by atoms with Gasteiger partial charge in [0.1, 0.15) is 8.07 Å². The highest BCUT2D eigenvalue weighted by molar-refractivity contribution is 7.04. The Hall–Kier alpha value is -2.81. The molecular formula is C25H32FN3O3Si. The molecule has 8 heteroatoms. The Morgan fingerprint density at radius 1 is 0.970 bits per heavy atom. The molecule has 33 heavy (non-hydrogen) atoms. The molecule has 0 aliphatic heterocycles. The fourth-order valence-electron chi connectivity index (χ4n) is 4.78. The first-order chi connectivity index (χ1) is 15.6. The highest BCUT2D eigenvalue weighted by Crippen LogP contribution is 2.44. The van der Waals surface area contributed by atoms with Crippen molar-refractivity contribution in [3.05, 3.63) is 83.2 Å². The van der Waals surface area contributed by atoms with Crippen LogP contribution in [0.1, 0.15) is 20.8 Å². The number of aromatic nitrogens is 2. The largest absolute Gasteiger partial charge is 0.396 e. The van der Waals surface area contributed by atoms with Crippen LogP contribution in [0.25, 0.3) is 0 Å². The quantitative estimate of drug-likeness (QED) is 0.438. The highest BCUT2D eigenvalue weighted by Gasteiger charge is 2.52. The number of rotatable bonds is 8. The molecule has 1 heterocycles. The van der Waals surface area contributed by atoms with Crippen LogP contribution in [-0.2, 0) is 6.54 Å². The number of hydrogen-bond acceptors (Lipinski definition) is 5. The van der Waals surface area contributed by atoms with Crippen molar-refractivity contribution < 1.29 is 14.6 Å².